The quantitative estimate of drug-likeness (QED) is 0.472. The van der Waals surface area contributed by atoms with Gasteiger partial charge in [0.15, 0.2) is 22.6 Å². The maximum atomic E-state index is 12.5. The lowest BCUT2D eigenvalue weighted by atomic mass is 9.45. The van der Waals surface area contributed by atoms with Crippen LogP contribution in [0.3, 0.4) is 0 Å². The van der Waals surface area contributed by atoms with Crippen LogP contribution in [0.15, 0.2) is 60.7 Å². The molecule has 3 aliphatic rings. The van der Waals surface area contributed by atoms with Crippen LogP contribution in [0.5, 0.6) is 11.5 Å². The van der Waals surface area contributed by atoms with E-state index in [1.165, 1.54) is 13.8 Å². The molecule has 0 radical (unpaired) electrons. The summed E-state index contributed by atoms with van der Waals surface area (Å²) in [4.78, 5) is 24.9. The molecule has 0 spiro atoms. The fraction of sp³-hybridized carbons (Fsp3) is 0.467. The van der Waals surface area contributed by atoms with Crippen LogP contribution in [0.1, 0.15) is 52.4 Å². The third-order valence-corrected chi connectivity index (χ3v) is 9.13. The third kappa shape index (κ3) is 4.34. The van der Waals surface area contributed by atoms with Crippen molar-refractivity contribution >= 4 is 11.6 Å². The molecule has 0 amide bonds. The van der Waals surface area contributed by atoms with Gasteiger partial charge in [-0.3, -0.25) is 9.59 Å². The molecule has 2 aromatic carbocycles. The zero-order valence-electron chi connectivity index (χ0n) is 21.9. The Morgan fingerprint density at radius 1 is 0.842 bits per heavy atom. The molecule has 3 fully saturated rings. The first-order chi connectivity index (χ1) is 18.0. The molecular weight excluding hydrogens is 480 g/mol. The van der Waals surface area contributed by atoms with Crippen molar-refractivity contribution in [3.63, 3.8) is 0 Å². The van der Waals surface area contributed by atoms with Crippen LogP contribution >= 0.6 is 0 Å². The normalized spacial score (nSPS) is 29.4. The Kier molecular flexibility index (Phi) is 8.31. The van der Waals surface area contributed by atoms with Crippen LogP contribution in [0.25, 0.3) is 0 Å². The molecule has 8 heteroatoms. The number of Topliss-reactive ketones (excluding diaryl/α,β-unsaturated/α-hetero) is 2. The molecule has 200 valence electrons. The number of fused-ring (bicyclic) bond motifs is 5. The number of aromatic hydroxyl groups is 2. The predicted octanol–water partition coefficient (Wildman–Crippen LogP) is 3.98. The highest BCUT2D eigenvalue weighted by Gasteiger charge is 2.80. The Morgan fingerprint density at radius 3 is 1.68 bits per heavy atom. The molecule has 2 aromatic rings. The van der Waals surface area contributed by atoms with Crippen LogP contribution in [-0.4, -0.2) is 32.9 Å². The highest BCUT2D eigenvalue weighted by Crippen LogP contribution is 2.78. The summed E-state index contributed by atoms with van der Waals surface area (Å²) >= 11 is 0. The number of carbonyl (C=O) groups excluding carboxylic acids is 2. The van der Waals surface area contributed by atoms with E-state index in [9.17, 15) is 20.1 Å². The van der Waals surface area contributed by atoms with Crippen molar-refractivity contribution in [1.82, 2.24) is 0 Å². The second-order valence-corrected chi connectivity index (χ2v) is 10.7. The number of nitrogens with zero attached hydrogens (tertiary/aromatic N) is 2. The van der Waals surface area contributed by atoms with Crippen molar-refractivity contribution in [3.8, 4) is 23.6 Å². The van der Waals surface area contributed by atoms with E-state index in [1.54, 1.807) is 48.5 Å². The van der Waals surface area contributed by atoms with Crippen molar-refractivity contribution in [3.05, 3.63) is 60.7 Å². The number of phenolic OH excluding ortho intramolecular Hbond substituents is 2. The highest BCUT2D eigenvalue weighted by atomic mass is 16.3. The molecule has 6 N–H and O–H groups in total. The Balaban J connectivity index is 0.000000231. The van der Waals surface area contributed by atoms with E-state index < -0.39 is 33.5 Å². The van der Waals surface area contributed by atoms with Crippen LogP contribution in [0, 0.1) is 45.3 Å². The lowest BCUT2D eigenvalue weighted by molar-refractivity contribution is -0.142. The molecule has 38 heavy (non-hydrogen) atoms. The van der Waals surface area contributed by atoms with Gasteiger partial charge in [-0.25, -0.2) is 0 Å². The molecule has 6 unspecified atom stereocenters. The van der Waals surface area contributed by atoms with Gasteiger partial charge in [-0.2, -0.15) is 10.5 Å². The summed E-state index contributed by atoms with van der Waals surface area (Å²) in [5.74, 6) is 0.202. The fourth-order valence-electron chi connectivity index (χ4n) is 7.55. The topological polar surface area (TPSA) is 174 Å². The summed E-state index contributed by atoms with van der Waals surface area (Å²) in [6.45, 7) is 2.67. The van der Waals surface area contributed by atoms with Crippen molar-refractivity contribution < 1.29 is 19.8 Å². The molecule has 3 aliphatic carbocycles. The number of para-hydroxylation sites is 2. The van der Waals surface area contributed by atoms with E-state index in [1.807, 2.05) is 12.1 Å². The molecule has 0 aromatic heterocycles. The van der Waals surface area contributed by atoms with Gasteiger partial charge in [0.25, 0.3) is 0 Å². The van der Waals surface area contributed by atoms with Gasteiger partial charge in [0.05, 0.1) is 12.1 Å². The maximum Gasteiger partial charge on any atom is 0.169 e. The van der Waals surface area contributed by atoms with Crippen molar-refractivity contribution in [1.29, 1.82) is 10.5 Å². The third-order valence-electron chi connectivity index (χ3n) is 9.13. The van der Waals surface area contributed by atoms with Gasteiger partial charge in [0.1, 0.15) is 11.5 Å². The van der Waals surface area contributed by atoms with Crippen molar-refractivity contribution in [2.75, 3.05) is 0 Å². The number of hydrogen-bond donors (Lipinski definition) is 4. The number of benzene rings is 2. The minimum absolute atomic E-state index is 0.0791. The number of rotatable bonds is 4. The highest BCUT2D eigenvalue weighted by molar-refractivity contribution is 5.94. The Bertz CT molecular complexity index is 1200. The van der Waals surface area contributed by atoms with Gasteiger partial charge in [-0.05, 0) is 82.1 Å². The molecule has 0 aliphatic heterocycles. The van der Waals surface area contributed by atoms with Gasteiger partial charge < -0.3 is 21.7 Å². The van der Waals surface area contributed by atoms with E-state index in [0.29, 0.717) is 30.8 Å². The number of carbonyl (C=O) groups is 2. The number of nitrogens with two attached hydrogens (primary N) is 2. The lowest BCUT2D eigenvalue weighted by Gasteiger charge is -2.57. The van der Waals surface area contributed by atoms with Gasteiger partial charge in [-0.15, -0.1) is 0 Å². The number of nitriles is 2. The predicted molar refractivity (Wildman–Crippen MR) is 142 cm³/mol. The molecule has 0 heterocycles. The second kappa shape index (κ2) is 10.9. The summed E-state index contributed by atoms with van der Waals surface area (Å²) in [5, 5.41) is 37.0. The first-order valence-corrected chi connectivity index (χ1v) is 12.9. The van der Waals surface area contributed by atoms with Crippen LogP contribution in [0.2, 0.25) is 0 Å². The first-order valence-electron chi connectivity index (χ1n) is 12.9. The number of phenols is 2. The van der Waals surface area contributed by atoms with Crippen LogP contribution in [0.4, 0.5) is 0 Å². The number of hydrogen-bond acceptors (Lipinski definition) is 8. The average Bonchev–Trinajstić information content (AvgIpc) is 3.62. The van der Waals surface area contributed by atoms with E-state index in [0.717, 1.165) is 19.3 Å². The minimum Gasteiger partial charge on any atom is -0.508 e. The molecular formula is C30H36N4O4. The SMILES string of the molecule is CC(=O)C(N)(C#N)C12CCC(C1)C1CCCC12C(N)(C#N)C(C)=O.Oc1ccccc1.Oc1ccccc1. The Labute approximate surface area is 223 Å². The molecule has 0 saturated heterocycles. The van der Waals surface area contributed by atoms with Gasteiger partial charge >= 0.3 is 0 Å². The van der Waals surface area contributed by atoms with E-state index in [2.05, 4.69) is 12.1 Å². The fourth-order valence-corrected chi connectivity index (χ4v) is 7.55. The van der Waals surface area contributed by atoms with E-state index in [-0.39, 0.29) is 11.8 Å². The molecule has 8 nitrogen and oxygen atoms in total. The Morgan fingerprint density at radius 2 is 1.32 bits per heavy atom. The average molecular weight is 517 g/mol. The largest absolute Gasteiger partial charge is 0.508 e. The molecule has 2 bridgehead atoms. The summed E-state index contributed by atoms with van der Waals surface area (Å²) in [6.07, 6.45) is 4.35. The lowest BCUT2D eigenvalue weighted by Crippen LogP contribution is -2.73. The minimum atomic E-state index is -1.71. The zero-order valence-corrected chi connectivity index (χ0v) is 21.9. The van der Waals surface area contributed by atoms with Crippen molar-refractivity contribution in [2.45, 2.75) is 63.5 Å². The van der Waals surface area contributed by atoms with Gasteiger partial charge in [-0.1, -0.05) is 42.8 Å². The smallest absolute Gasteiger partial charge is 0.169 e. The molecule has 5 rings (SSSR count). The summed E-state index contributed by atoms with van der Waals surface area (Å²) < 4.78 is 0. The van der Waals surface area contributed by atoms with Crippen molar-refractivity contribution in [2.24, 2.45) is 34.1 Å². The summed E-state index contributed by atoms with van der Waals surface area (Å²) in [7, 11) is 0. The summed E-state index contributed by atoms with van der Waals surface area (Å²) in [6, 6.07) is 21.6. The van der Waals surface area contributed by atoms with Gasteiger partial charge in [0, 0.05) is 10.8 Å². The summed E-state index contributed by atoms with van der Waals surface area (Å²) in [5.41, 5.74) is 7.67. The Hall–Kier alpha value is -3.72. The number of ketones is 2. The van der Waals surface area contributed by atoms with Crippen LogP contribution in [-0.2, 0) is 9.59 Å². The molecule has 3 saturated carbocycles. The maximum absolute atomic E-state index is 12.5. The van der Waals surface area contributed by atoms with E-state index in [4.69, 9.17) is 21.7 Å². The second-order valence-electron chi connectivity index (χ2n) is 10.7. The zero-order chi connectivity index (χ0) is 28.2. The molecule has 6 atom stereocenters. The van der Waals surface area contributed by atoms with Crippen LogP contribution < -0.4 is 11.5 Å². The van der Waals surface area contributed by atoms with Gasteiger partial charge in [0.2, 0.25) is 0 Å². The monoisotopic (exact) mass is 516 g/mol. The standard InChI is InChI=1S/C18H24N4O2.2C6H6O/c1-11(23)17(21,9-19)15-7-5-13(8-15)14-4-3-6-16(14,15)18(22,10-20)12(2)24;2*7-6-4-2-1-3-5-6/h13-14H,3-8,21-22H2,1-2H3;2*1-5,7H. The first kappa shape index (κ1) is 28.8. The van der Waals surface area contributed by atoms with E-state index >= 15 is 0 Å².